The zero-order valence-corrected chi connectivity index (χ0v) is 14.4. The number of ether oxygens (including phenoxy) is 1. The minimum absolute atomic E-state index is 0.241. The Kier molecular flexibility index (Phi) is 5.41. The molecule has 0 bridgehead atoms. The third-order valence-electron chi connectivity index (χ3n) is 3.85. The Morgan fingerprint density at radius 1 is 1.24 bits per heavy atom. The summed E-state index contributed by atoms with van der Waals surface area (Å²) in [5.74, 6) is -1.72. The zero-order valence-electron chi connectivity index (χ0n) is 14.4. The van der Waals surface area contributed by atoms with Gasteiger partial charge in [0, 0.05) is 6.42 Å². The van der Waals surface area contributed by atoms with Crippen LogP contribution in [0.3, 0.4) is 0 Å². The van der Waals surface area contributed by atoms with E-state index in [1.807, 2.05) is 30.3 Å². The molecule has 1 aromatic rings. The highest BCUT2D eigenvalue weighted by atomic mass is 16.5. The van der Waals surface area contributed by atoms with Crippen molar-refractivity contribution in [3.8, 4) is 0 Å². The van der Waals surface area contributed by atoms with Crippen LogP contribution in [0.4, 0.5) is 4.79 Å². The third kappa shape index (κ3) is 4.34. The molecule has 1 fully saturated rings. The van der Waals surface area contributed by atoms with Gasteiger partial charge in [-0.1, -0.05) is 30.3 Å². The average molecular weight is 347 g/mol. The van der Waals surface area contributed by atoms with Crippen LogP contribution in [0.15, 0.2) is 30.3 Å². The minimum atomic E-state index is -1.05. The van der Waals surface area contributed by atoms with Gasteiger partial charge in [0.25, 0.3) is 5.91 Å². The molecule has 2 N–H and O–H groups in total. The van der Waals surface area contributed by atoms with E-state index in [1.54, 1.807) is 13.8 Å². The van der Waals surface area contributed by atoms with Gasteiger partial charge in [0.2, 0.25) is 5.91 Å². The molecule has 2 rings (SSSR count). The molecular weight excluding hydrogens is 326 g/mol. The normalized spacial score (nSPS) is 17.0. The van der Waals surface area contributed by atoms with Crippen molar-refractivity contribution in [2.45, 2.75) is 31.8 Å². The lowest BCUT2D eigenvalue weighted by Crippen LogP contribution is -2.48. The lowest BCUT2D eigenvalue weighted by atomic mass is 10.1. The van der Waals surface area contributed by atoms with E-state index in [9.17, 15) is 19.2 Å². The summed E-state index contributed by atoms with van der Waals surface area (Å²) in [5, 5.41) is 5.02. The first-order chi connectivity index (χ1) is 11.7. The fraction of sp³-hybridized carbons (Fsp3) is 0.412. The fourth-order valence-electron chi connectivity index (χ4n) is 2.53. The van der Waals surface area contributed by atoms with Crippen LogP contribution in [-0.4, -0.2) is 54.0 Å². The van der Waals surface area contributed by atoms with Gasteiger partial charge in [0.05, 0.1) is 7.11 Å². The maximum atomic E-state index is 12.2. The lowest BCUT2D eigenvalue weighted by molar-refractivity contribution is -0.145. The Hall–Kier alpha value is -2.90. The number of imide groups is 1. The van der Waals surface area contributed by atoms with E-state index in [-0.39, 0.29) is 6.42 Å². The molecule has 134 valence electrons. The van der Waals surface area contributed by atoms with Gasteiger partial charge in [0.15, 0.2) is 0 Å². The molecule has 1 heterocycles. The number of esters is 1. The quantitative estimate of drug-likeness (QED) is 0.566. The molecule has 1 aliphatic heterocycles. The number of nitrogens with one attached hydrogen (secondary N) is 2. The molecule has 0 radical (unpaired) electrons. The first-order valence-corrected chi connectivity index (χ1v) is 7.80. The molecule has 1 atom stereocenters. The van der Waals surface area contributed by atoms with Crippen molar-refractivity contribution >= 4 is 23.8 Å². The number of hydrogen-bond acceptors (Lipinski definition) is 5. The van der Waals surface area contributed by atoms with Crippen molar-refractivity contribution in [3.05, 3.63) is 35.9 Å². The summed E-state index contributed by atoms with van der Waals surface area (Å²) in [4.78, 5) is 48.9. The van der Waals surface area contributed by atoms with Crippen LogP contribution in [-0.2, 0) is 25.5 Å². The first-order valence-electron chi connectivity index (χ1n) is 7.80. The van der Waals surface area contributed by atoms with E-state index in [1.165, 1.54) is 7.11 Å². The second-order valence-electron chi connectivity index (χ2n) is 6.28. The molecule has 0 aliphatic carbocycles. The highest BCUT2D eigenvalue weighted by Crippen LogP contribution is 2.16. The van der Waals surface area contributed by atoms with E-state index < -0.39 is 41.9 Å². The Morgan fingerprint density at radius 3 is 2.40 bits per heavy atom. The Morgan fingerprint density at radius 2 is 1.88 bits per heavy atom. The van der Waals surface area contributed by atoms with Crippen molar-refractivity contribution in [1.29, 1.82) is 0 Å². The van der Waals surface area contributed by atoms with Gasteiger partial charge in [-0.25, -0.2) is 9.59 Å². The number of urea groups is 1. The molecule has 1 saturated heterocycles. The second-order valence-corrected chi connectivity index (χ2v) is 6.28. The predicted molar refractivity (Wildman–Crippen MR) is 88.4 cm³/mol. The van der Waals surface area contributed by atoms with Crippen molar-refractivity contribution in [2.24, 2.45) is 0 Å². The van der Waals surface area contributed by atoms with E-state index in [2.05, 4.69) is 10.6 Å². The Bertz CT molecular complexity index is 687. The summed E-state index contributed by atoms with van der Waals surface area (Å²) in [6, 6.07) is 7.58. The van der Waals surface area contributed by atoms with Crippen LogP contribution in [0.25, 0.3) is 0 Å². The summed E-state index contributed by atoms with van der Waals surface area (Å²) >= 11 is 0. The molecule has 1 aliphatic rings. The number of rotatable bonds is 6. The minimum Gasteiger partial charge on any atom is -0.467 e. The van der Waals surface area contributed by atoms with Gasteiger partial charge in [0.1, 0.15) is 18.1 Å². The summed E-state index contributed by atoms with van der Waals surface area (Å²) in [7, 11) is 1.23. The van der Waals surface area contributed by atoms with Gasteiger partial charge in [-0.05, 0) is 19.4 Å². The number of nitrogens with zero attached hydrogens (tertiary/aromatic N) is 1. The molecule has 1 aromatic carbocycles. The van der Waals surface area contributed by atoms with Crippen molar-refractivity contribution < 1.29 is 23.9 Å². The lowest BCUT2D eigenvalue weighted by Gasteiger charge is -2.19. The Balaban J connectivity index is 2.03. The Labute approximate surface area is 145 Å². The van der Waals surface area contributed by atoms with Crippen LogP contribution in [0.5, 0.6) is 0 Å². The van der Waals surface area contributed by atoms with E-state index in [0.717, 1.165) is 10.5 Å². The SMILES string of the molecule is COC(=O)[C@H](Cc1ccccc1)NC(=O)CN1C(=O)NC(C)(C)C1=O. The van der Waals surface area contributed by atoms with E-state index in [0.29, 0.717) is 0 Å². The molecular formula is C17H21N3O5. The second kappa shape index (κ2) is 7.33. The number of hydrogen-bond donors (Lipinski definition) is 2. The first kappa shape index (κ1) is 18.4. The standard InChI is InChI=1S/C17H21N3O5/c1-17(2)15(23)20(16(24)19-17)10-13(21)18-12(14(22)25-3)9-11-7-5-4-6-8-11/h4-8,12H,9-10H2,1-3H3,(H,18,21)(H,19,24)/t12-/m0/s1. The largest absolute Gasteiger partial charge is 0.467 e. The van der Waals surface area contributed by atoms with Crippen LogP contribution >= 0.6 is 0 Å². The molecule has 0 aromatic heterocycles. The highest BCUT2D eigenvalue weighted by Gasteiger charge is 2.45. The van der Waals surface area contributed by atoms with Gasteiger partial charge in [-0.2, -0.15) is 0 Å². The van der Waals surface area contributed by atoms with Crippen molar-refractivity contribution in [3.63, 3.8) is 0 Å². The van der Waals surface area contributed by atoms with Gasteiger partial charge < -0.3 is 15.4 Å². The number of carbonyl (C=O) groups excluding carboxylic acids is 4. The molecule has 25 heavy (non-hydrogen) atoms. The smallest absolute Gasteiger partial charge is 0.328 e. The third-order valence-corrected chi connectivity index (χ3v) is 3.85. The number of methoxy groups -OCH3 is 1. The molecule has 8 nitrogen and oxygen atoms in total. The maximum Gasteiger partial charge on any atom is 0.328 e. The highest BCUT2D eigenvalue weighted by molar-refractivity contribution is 6.08. The predicted octanol–water partition coefficient (Wildman–Crippen LogP) is 0.217. The molecule has 4 amide bonds. The summed E-state index contributed by atoms with van der Waals surface area (Å²) in [6.45, 7) is 2.64. The van der Waals surface area contributed by atoms with Crippen LogP contribution in [0.1, 0.15) is 19.4 Å². The van der Waals surface area contributed by atoms with Gasteiger partial charge in [-0.3, -0.25) is 14.5 Å². The molecule has 0 spiro atoms. The summed E-state index contributed by atoms with van der Waals surface area (Å²) < 4.78 is 4.72. The number of carbonyl (C=O) groups is 4. The van der Waals surface area contributed by atoms with Crippen LogP contribution in [0, 0.1) is 0 Å². The molecule has 8 heteroatoms. The van der Waals surface area contributed by atoms with Crippen LogP contribution in [0.2, 0.25) is 0 Å². The number of amides is 4. The molecule has 0 saturated carbocycles. The maximum absolute atomic E-state index is 12.2. The summed E-state index contributed by atoms with van der Waals surface area (Å²) in [6.07, 6.45) is 0.241. The fourth-order valence-corrected chi connectivity index (χ4v) is 2.53. The topological polar surface area (TPSA) is 105 Å². The van der Waals surface area contributed by atoms with E-state index >= 15 is 0 Å². The molecule has 0 unspecified atom stereocenters. The van der Waals surface area contributed by atoms with Gasteiger partial charge in [-0.15, -0.1) is 0 Å². The van der Waals surface area contributed by atoms with Gasteiger partial charge >= 0.3 is 12.0 Å². The van der Waals surface area contributed by atoms with Crippen molar-refractivity contribution in [1.82, 2.24) is 15.5 Å². The summed E-state index contributed by atoms with van der Waals surface area (Å²) in [5.41, 5.74) is -0.210. The zero-order chi connectivity index (χ0) is 18.6. The van der Waals surface area contributed by atoms with E-state index in [4.69, 9.17) is 4.74 Å². The average Bonchev–Trinajstić information content (AvgIpc) is 2.76. The monoisotopic (exact) mass is 347 g/mol. The number of benzene rings is 1. The van der Waals surface area contributed by atoms with Crippen molar-refractivity contribution in [2.75, 3.05) is 13.7 Å². The van der Waals surface area contributed by atoms with Crippen LogP contribution < -0.4 is 10.6 Å².